The van der Waals surface area contributed by atoms with E-state index in [2.05, 4.69) is 20.3 Å². The molecule has 0 amide bonds. The number of hydrogen-bond acceptors (Lipinski definition) is 0. The van der Waals surface area contributed by atoms with E-state index < -0.39 is 0 Å². The molecule has 0 aromatic rings. The number of hydrogen-bond donors (Lipinski definition) is 0. The lowest BCUT2D eigenvalue weighted by molar-refractivity contribution is 0.519. The van der Waals surface area contributed by atoms with Crippen LogP contribution in [0, 0.1) is 6.42 Å². The molecule has 0 unspecified atom stereocenters. The fourth-order valence-corrected chi connectivity index (χ4v) is 6.35. The molecule has 0 atom stereocenters. The van der Waals surface area contributed by atoms with Crippen LogP contribution < -0.4 is 0 Å². The van der Waals surface area contributed by atoms with Gasteiger partial charge in [-0.15, -0.1) is 0 Å². The monoisotopic (exact) mass is 562 g/mol. The van der Waals surface area contributed by atoms with E-state index >= 15 is 0 Å². The van der Waals surface area contributed by atoms with Crippen molar-refractivity contribution >= 4 is 0 Å². The van der Waals surface area contributed by atoms with Gasteiger partial charge in [0, 0.05) is 0 Å². The molecule has 0 aromatic carbocycles. The van der Waals surface area contributed by atoms with Crippen LogP contribution in [-0.2, 0) is 0 Å². The van der Waals surface area contributed by atoms with Gasteiger partial charge in [-0.05, 0) is 6.42 Å². The minimum atomic E-state index is 1.37. The summed E-state index contributed by atoms with van der Waals surface area (Å²) in [7, 11) is 0. The summed E-state index contributed by atoms with van der Waals surface area (Å²) in [5.41, 5.74) is 0. The van der Waals surface area contributed by atoms with Crippen molar-refractivity contribution in [3.8, 4) is 0 Å². The largest absolute Gasteiger partial charge is 0.0654 e. The van der Waals surface area contributed by atoms with Crippen LogP contribution >= 0.6 is 0 Å². The Bertz CT molecular complexity index is 361. The van der Waals surface area contributed by atoms with Crippen molar-refractivity contribution in [2.24, 2.45) is 0 Å². The topological polar surface area (TPSA) is 0 Å². The highest BCUT2D eigenvalue weighted by Gasteiger charge is 1.97. The van der Waals surface area contributed by atoms with Gasteiger partial charge in [-0.2, -0.15) is 0 Å². The van der Waals surface area contributed by atoms with Gasteiger partial charge in [0.2, 0.25) is 0 Å². The summed E-state index contributed by atoms with van der Waals surface area (Å²) in [4.78, 5) is 0. The Morgan fingerprint density at radius 3 is 0.525 bits per heavy atom. The van der Waals surface area contributed by atoms with Gasteiger partial charge in [-0.25, -0.2) is 0 Å². The average Bonchev–Trinajstić information content (AvgIpc) is 2.97. The van der Waals surface area contributed by atoms with Crippen molar-refractivity contribution in [1.29, 1.82) is 0 Å². The molecule has 0 saturated carbocycles. The van der Waals surface area contributed by atoms with E-state index in [9.17, 15) is 0 Å². The zero-order valence-corrected chi connectivity index (χ0v) is 28.7. The molecule has 0 bridgehead atoms. The first-order valence-electron chi connectivity index (χ1n) is 19.7. The summed E-state index contributed by atoms with van der Waals surface area (Å²) >= 11 is 0. The molecule has 0 rings (SSSR count). The maximum atomic E-state index is 2.59. The molecule has 0 spiro atoms. The molecular formula is C40H81. The maximum absolute atomic E-state index is 2.59. The van der Waals surface area contributed by atoms with Gasteiger partial charge in [-0.1, -0.05) is 251 Å². The Hall–Kier alpha value is 0. The molecule has 0 aromatic heterocycles. The van der Waals surface area contributed by atoms with Crippen molar-refractivity contribution in [2.75, 3.05) is 0 Å². The summed E-state index contributed by atoms with van der Waals surface area (Å²) < 4.78 is 0. The first kappa shape index (κ1) is 40.0. The first-order chi connectivity index (χ1) is 19.9. The normalized spacial score (nSPS) is 11.6. The Morgan fingerprint density at radius 1 is 0.200 bits per heavy atom. The van der Waals surface area contributed by atoms with Gasteiger partial charge in [-0.3, -0.25) is 0 Å². The van der Waals surface area contributed by atoms with Crippen LogP contribution in [0.4, 0.5) is 0 Å². The predicted octanol–water partition coefficient (Wildman–Crippen LogP) is 15.7. The van der Waals surface area contributed by atoms with Gasteiger partial charge >= 0.3 is 0 Å². The molecule has 0 heteroatoms. The number of rotatable bonds is 37. The fraction of sp³-hybridized carbons (Fsp3) is 0.975. The van der Waals surface area contributed by atoms with E-state index in [0.29, 0.717) is 0 Å². The molecule has 0 fully saturated rings. The van der Waals surface area contributed by atoms with Crippen LogP contribution in [0.2, 0.25) is 0 Å². The smallest absolute Gasteiger partial charge is 0.0386 e. The van der Waals surface area contributed by atoms with Gasteiger partial charge in [0.1, 0.15) is 0 Å². The molecule has 0 aliphatic rings. The Kier molecular flexibility index (Phi) is 39.0. The van der Waals surface area contributed by atoms with Gasteiger partial charge in [0.05, 0.1) is 0 Å². The van der Waals surface area contributed by atoms with Crippen molar-refractivity contribution in [3.05, 3.63) is 6.42 Å². The molecule has 241 valence electrons. The molecule has 0 aliphatic heterocycles. The molecule has 0 N–H and O–H groups in total. The standard InChI is InChI=1S/C40H81/c1-3-5-7-9-11-13-15-17-19-21-23-25-27-29-31-33-35-37-39-40-38-36-34-32-30-28-26-24-22-20-18-16-14-12-10-8-6-4-2/h33H,3-32,34-40H2,1-2H3. The third kappa shape index (κ3) is 38.0. The predicted molar refractivity (Wildman–Crippen MR) is 186 cm³/mol. The second-order valence-corrected chi connectivity index (χ2v) is 13.5. The Morgan fingerprint density at radius 2 is 0.350 bits per heavy atom. The summed E-state index contributed by atoms with van der Waals surface area (Å²) in [6.45, 7) is 4.62. The van der Waals surface area contributed by atoms with Gasteiger partial charge < -0.3 is 0 Å². The summed E-state index contributed by atoms with van der Waals surface area (Å²) in [5, 5.41) is 0. The SMILES string of the molecule is CCCCCCCCCCCCCCCC[CH]CCCCCCCCCCCCCCCCCCCCCCC. The summed E-state index contributed by atoms with van der Waals surface area (Å²) in [6, 6.07) is 0. The third-order valence-electron chi connectivity index (χ3n) is 9.27. The highest BCUT2D eigenvalue weighted by Crippen LogP contribution is 2.17. The van der Waals surface area contributed by atoms with E-state index in [4.69, 9.17) is 0 Å². The highest BCUT2D eigenvalue weighted by molar-refractivity contribution is 4.65. The van der Waals surface area contributed by atoms with Gasteiger partial charge in [0.25, 0.3) is 0 Å². The van der Waals surface area contributed by atoms with Crippen molar-refractivity contribution in [3.63, 3.8) is 0 Å². The summed E-state index contributed by atoms with van der Waals surface area (Å²) in [5.74, 6) is 0. The molecule has 1 radical (unpaired) electrons. The van der Waals surface area contributed by atoms with E-state index in [1.165, 1.54) is 238 Å². The van der Waals surface area contributed by atoms with E-state index in [1.54, 1.807) is 0 Å². The molecule has 0 nitrogen and oxygen atoms in total. The Balaban J connectivity index is 3.01. The number of unbranched alkanes of at least 4 members (excludes halogenated alkanes) is 37. The first-order valence-corrected chi connectivity index (χ1v) is 19.7. The lowest BCUT2D eigenvalue weighted by Crippen LogP contribution is -1.85. The third-order valence-corrected chi connectivity index (χ3v) is 9.27. The molecule has 0 saturated heterocycles. The summed E-state index contributed by atoms with van der Waals surface area (Å²) in [6.07, 6.45) is 56.9. The minimum Gasteiger partial charge on any atom is -0.0654 e. The van der Waals surface area contributed by atoms with E-state index in [-0.39, 0.29) is 0 Å². The van der Waals surface area contributed by atoms with Crippen molar-refractivity contribution in [2.45, 2.75) is 251 Å². The zero-order valence-electron chi connectivity index (χ0n) is 28.7. The Labute approximate surface area is 257 Å². The lowest BCUT2D eigenvalue weighted by Gasteiger charge is -2.05. The van der Waals surface area contributed by atoms with E-state index in [0.717, 1.165) is 0 Å². The minimum absolute atomic E-state index is 1.37. The van der Waals surface area contributed by atoms with Crippen molar-refractivity contribution < 1.29 is 0 Å². The quantitative estimate of drug-likeness (QED) is 0.0661. The van der Waals surface area contributed by atoms with Crippen molar-refractivity contribution in [1.82, 2.24) is 0 Å². The fourth-order valence-electron chi connectivity index (χ4n) is 6.35. The zero-order chi connectivity index (χ0) is 28.9. The van der Waals surface area contributed by atoms with Crippen LogP contribution in [0.5, 0.6) is 0 Å². The molecule has 0 aliphatic carbocycles. The second kappa shape index (κ2) is 39.0. The van der Waals surface area contributed by atoms with Crippen LogP contribution in [0.1, 0.15) is 251 Å². The maximum Gasteiger partial charge on any atom is -0.0386 e. The van der Waals surface area contributed by atoms with Gasteiger partial charge in [0.15, 0.2) is 0 Å². The van der Waals surface area contributed by atoms with Crippen LogP contribution in [0.3, 0.4) is 0 Å². The molecular weight excluding hydrogens is 480 g/mol. The lowest BCUT2D eigenvalue weighted by atomic mass is 10.0. The van der Waals surface area contributed by atoms with Crippen LogP contribution in [0.25, 0.3) is 0 Å². The average molecular weight is 562 g/mol. The molecule has 40 heavy (non-hydrogen) atoms. The van der Waals surface area contributed by atoms with E-state index in [1.807, 2.05) is 0 Å². The van der Waals surface area contributed by atoms with Crippen LogP contribution in [-0.4, -0.2) is 0 Å². The second-order valence-electron chi connectivity index (χ2n) is 13.5. The molecule has 0 heterocycles. The highest BCUT2D eigenvalue weighted by atomic mass is 14.0. The van der Waals surface area contributed by atoms with Crippen LogP contribution in [0.15, 0.2) is 0 Å².